The van der Waals surface area contributed by atoms with Crippen LogP contribution >= 0.6 is 23.4 Å². The van der Waals surface area contributed by atoms with E-state index in [9.17, 15) is 4.79 Å². The number of benzene rings is 2. The lowest BCUT2D eigenvalue weighted by Gasteiger charge is -2.32. The summed E-state index contributed by atoms with van der Waals surface area (Å²) in [7, 11) is 0. The molecule has 1 saturated heterocycles. The Kier molecular flexibility index (Phi) is 8.06. The van der Waals surface area contributed by atoms with Gasteiger partial charge in [0.1, 0.15) is 0 Å². The molecule has 2 aromatic carbocycles. The first-order valence-corrected chi connectivity index (χ1v) is 11.1. The molecule has 1 heterocycles. The molecule has 2 aromatic rings. The number of carbonyl (C=O) groups excluding carboxylic acids is 1. The summed E-state index contributed by atoms with van der Waals surface area (Å²) in [4.78, 5) is 14.9. The van der Waals surface area contributed by atoms with Crippen LogP contribution in [0, 0.1) is 5.92 Å². The van der Waals surface area contributed by atoms with E-state index in [1.807, 2.05) is 36.0 Å². The highest BCUT2D eigenvalue weighted by Crippen LogP contribution is 2.22. The number of hydrogen-bond donors (Lipinski definition) is 1. The number of carbonyl (C=O) groups is 1. The molecule has 3 rings (SSSR count). The van der Waals surface area contributed by atoms with Gasteiger partial charge in [-0.15, -0.1) is 0 Å². The highest BCUT2D eigenvalue weighted by molar-refractivity contribution is 7.98. The Morgan fingerprint density at radius 1 is 1.15 bits per heavy atom. The lowest BCUT2D eigenvalue weighted by Crippen LogP contribution is -2.43. The van der Waals surface area contributed by atoms with Crippen LogP contribution in [-0.4, -0.2) is 36.2 Å². The maximum atomic E-state index is 12.5. The van der Waals surface area contributed by atoms with Crippen molar-refractivity contribution >= 4 is 29.3 Å². The number of halogens is 1. The van der Waals surface area contributed by atoms with Crippen LogP contribution in [0.4, 0.5) is 0 Å². The monoisotopic (exact) mass is 402 g/mol. The largest absolute Gasteiger partial charge is 0.355 e. The van der Waals surface area contributed by atoms with Crippen LogP contribution in [0.1, 0.15) is 24.0 Å². The maximum Gasteiger partial charge on any atom is 0.224 e. The summed E-state index contributed by atoms with van der Waals surface area (Å²) < 4.78 is 0. The topological polar surface area (TPSA) is 32.3 Å². The van der Waals surface area contributed by atoms with Crippen LogP contribution in [0.15, 0.2) is 54.6 Å². The summed E-state index contributed by atoms with van der Waals surface area (Å²) in [5, 5.41) is 3.93. The normalized spacial score (nSPS) is 17.6. The quantitative estimate of drug-likeness (QED) is 0.655. The van der Waals surface area contributed by atoms with Crippen LogP contribution < -0.4 is 5.32 Å². The smallest absolute Gasteiger partial charge is 0.224 e. The Balaban J connectivity index is 1.37. The molecule has 0 aliphatic carbocycles. The van der Waals surface area contributed by atoms with Crippen molar-refractivity contribution < 1.29 is 4.79 Å². The molecule has 0 unspecified atom stereocenters. The van der Waals surface area contributed by atoms with E-state index in [0.29, 0.717) is 0 Å². The summed E-state index contributed by atoms with van der Waals surface area (Å²) in [6.45, 7) is 3.39. The van der Waals surface area contributed by atoms with Crippen LogP contribution in [0.25, 0.3) is 0 Å². The number of amides is 1. The fourth-order valence-corrected chi connectivity index (χ4v) is 4.45. The molecule has 5 heteroatoms. The molecule has 144 valence electrons. The third-order valence-corrected chi connectivity index (χ3v) is 6.28. The number of nitrogens with zero attached hydrogens (tertiary/aromatic N) is 1. The molecule has 0 saturated carbocycles. The van der Waals surface area contributed by atoms with Crippen LogP contribution in [0.5, 0.6) is 0 Å². The fourth-order valence-electron chi connectivity index (χ4n) is 3.44. The van der Waals surface area contributed by atoms with Crippen molar-refractivity contribution in [2.75, 3.05) is 25.4 Å². The molecule has 0 spiro atoms. The maximum absolute atomic E-state index is 12.5. The molecule has 0 bridgehead atoms. The molecular weight excluding hydrogens is 376 g/mol. The lowest BCUT2D eigenvalue weighted by atomic mass is 9.96. The van der Waals surface area contributed by atoms with Crippen molar-refractivity contribution in [1.82, 2.24) is 10.2 Å². The average molecular weight is 403 g/mol. The van der Waals surface area contributed by atoms with E-state index in [1.54, 1.807) is 0 Å². The zero-order valence-electron chi connectivity index (χ0n) is 15.6. The van der Waals surface area contributed by atoms with Gasteiger partial charge >= 0.3 is 0 Å². The number of likely N-dealkylation sites (tertiary alicyclic amines) is 1. The highest BCUT2D eigenvalue weighted by atomic mass is 35.5. The van der Waals surface area contributed by atoms with Crippen molar-refractivity contribution in [3.05, 3.63) is 70.7 Å². The Bertz CT molecular complexity index is 725. The lowest BCUT2D eigenvalue weighted by molar-refractivity contribution is -0.126. The second kappa shape index (κ2) is 10.7. The zero-order chi connectivity index (χ0) is 18.9. The molecule has 3 nitrogen and oxygen atoms in total. The van der Waals surface area contributed by atoms with E-state index in [1.165, 1.54) is 5.56 Å². The minimum absolute atomic E-state index is 0.0837. The van der Waals surface area contributed by atoms with E-state index in [0.717, 1.165) is 61.1 Å². The summed E-state index contributed by atoms with van der Waals surface area (Å²) in [5.41, 5.74) is 2.47. The molecule has 27 heavy (non-hydrogen) atoms. The fraction of sp³-hybridized carbons (Fsp3) is 0.409. The minimum atomic E-state index is 0.0837. The van der Waals surface area contributed by atoms with Crippen LogP contribution in [0.3, 0.4) is 0 Å². The first-order valence-electron chi connectivity index (χ1n) is 9.57. The van der Waals surface area contributed by atoms with E-state index >= 15 is 0 Å². The number of thioether (sulfide) groups is 1. The second-order valence-electron chi connectivity index (χ2n) is 6.99. The molecular formula is C22H27ClN2OS. The highest BCUT2D eigenvalue weighted by Gasteiger charge is 2.25. The molecule has 1 aliphatic rings. The van der Waals surface area contributed by atoms with Gasteiger partial charge in [0, 0.05) is 36.2 Å². The van der Waals surface area contributed by atoms with Gasteiger partial charge in [-0.1, -0.05) is 60.1 Å². The van der Waals surface area contributed by atoms with Gasteiger partial charge in [-0.2, -0.15) is 11.8 Å². The van der Waals surface area contributed by atoms with Gasteiger partial charge in [0.25, 0.3) is 0 Å². The van der Waals surface area contributed by atoms with Crippen molar-refractivity contribution in [2.45, 2.75) is 25.1 Å². The first-order chi connectivity index (χ1) is 13.2. The van der Waals surface area contributed by atoms with E-state index in [2.05, 4.69) is 40.5 Å². The number of hydrogen-bond acceptors (Lipinski definition) is 3. The molecule has 1 N–H and O–H groups in total. The third-order valence-electron chi connectivity index (χ3n) is 4.89. The Morgan fingerprint density at radius 3 is 2.74 bits per heavy atom. The summed E-state index contributed by atoms with van der Waals surface area (Å²) >= 11 is 8.14. The van der Waals surface area contributed by atoms with Crippen molar-refractivity contribution in [2.24, 2.45) is 5.92 Å². The van der Waals surface area contributed by atoms with Gasteiger partial charge in [0.05, 0.1) is 5.92 Å². The molecule has 1 atom stereocenters. The second-order valence-corrected chi connectivity index (χ2v) is 8.51. The molecule has 0 aromatic heterocycles. The predicted octanol–water partition coefficient (Wildman–Crippen LogP) is 4.60. The standard InChI is InChI=1S/C22H27ClN2OS/c23-21-11-5-4-9-19(21)15-25-13-6-10-20(16-25)22(26)24-12-14-27-17-18-7-2-1-3-8-18/h1-5,7-9,11,20H,6,10,12-17H2,(H,24,26)/t20-/m1/s1. The molecule has 0 radical (unpaired) electrons. The summed E-state index contributed by atoms with van der Waals surface area (Å²) in [6, 6.07) is 18.4. The molecule has 1 amide bonds. The van der Waals surface area contributed by atoms with Gasteiger partial charge in [-0.25, -0.2) is 0 Å². The van der Waals surface area contributed by atoms with Crippen LogP contribution in [-0.2, 0) is 17.1 Å². The zero-order valence-corrected chi connectivity index (χ0v) is 17.1. The molecule has 1 fully saturated rings. The van der Waals surface area contributed by atoms with Gasteiger partial charge in [0.15, 0.2) is 0 Å². The Labute approximate surface area is 171 Å². The van der Waals surface area contributed by atoms with Crippen molar-refractivity contribution in [1.29, 1.82) is 0 Å². The average Bonchev–Trinajstić information content (AvgIpc) is 2.70. The Hall–Kier alpha value is -1.49. The van der Waals surface area contributed by atoms with Gasteiger partial charge in [0.2, 0.25) is 5.91 Å². The van der Waals surface area contributed by atoms with E-state index in [4.69, 9.17) is 11.6 Å². The minimum Gasteiger partial charge on any atom is -0.355 e. The van der Waals surface area contributed by atoms with Gasteiger partial charge in [-0.05, 0) is 36.6 Å². The summed E-state index contributed by atoms with van der Waals surface area (Å²) in [5.74, 6) is 2.21. The van der Waals surface area contributed by atoms with Gasteiger partial charge < -0.3 is 5.32 Å². The van der Waals surface area contributed by atoms with E-state index < -0.39 is 0 Å². The van der Waals surface area contributed by atoms with Crippen molar-refractivity contribution in [3.63, 3.8) is 0 Å². The van der Waals surface area contributed by atoms with Gasteiger partial charge in [-0.3, -0.25) is 9.69 Å². The summed E-state index contributed by atoms with van der Waals surface area (Å²) in [6.07, 6.45) is 2.04. The number of rotatable bonds is 8. The number of nitrogens with one attached hydrogen (secondary N) is 1. The SMILES string of the molecule is O=C(NCCSCc1ccccc1)[C@@H]1CCCN(Cc2ccccc2Cl)C1. The predicted molar refractivity (Wildman–Crippen MR) is 115 cm³/mol. The Morgan fingerprint density at radius 2 is 1.93 bits per heavy atom. The third kappa shape index (κ3) is 6.56. The van der Waals surface area contributed by atoms with Crippen molar-refractivity contribution in [3.8, 4) is 0 Å². The number of piperidine rings is 1. The molecule has 1 aliphatic heterocycles. The van der Waals surface area contributed by atoms with E-state index in [-0.39, 0.29) is 11.8 Å². The van der Waals surface area contributed by atoms with Crippen LogP contribution in [0.2, 0.25) is 5.02 Å². The first kappa shape index (κ1) is 20.2.